The summed E-state index contributed by atoms with van der Waals surface area (Å²) in [4.78, 5) is 0. The van der Waals surface area contributed by atoms with E-state index in [1.165, 1.54) is 0 Å². The van der Waals surface area contributed by atoms with Crippen molar-refractivity contribution in [1.82, 2.24) is 0 Å². The first kappa shape index (κ1) is 16.4. The zero-order valence-electron chi connectivity index (χ0n) is 9.95. The predicted octanol–water partition coefficient (Wildman–Crippen LogP) is 3.67. The Kier molecular flexibility index (Phi) is 11.1. The van der Waals surface area contributed by atoms with Crippen molar-refractivity contribution in [2.24, 2.45) is 0 Å². The molecule has 1 atom stereocenters. The molecular weight excluding hydrogens is 214 g/mol. The Labute approximate surface area is 97.2 Å². The van der Waals surface area contributed by atoms with Crippen LogP contribution in [0.2, 0.25) is 0 Å². The van der Waals surface area contributed by atoms with Gasteiger partial charge in [0, 0.05) is 0 Å². The molecule has 0 rings (SSSR count). The van der Waals surface area contributed by atoms with Gasteiger partial charge in [-0.3, -0.25) is 0 Å². The number of rotatable bonds is 3. The van der Waals surface area contributed by atoms with Crippen LogP contribution in [0.25, 0.3) is 0 Å². The third kappa shape index (κ3) is 6.41. The van der Waals surface area contributed by atoms with Crippen molar-refractivity contribution in [3.63, 3.8) is 0 Å². The van der Waals surface area contributed by atoms with Crippen LogP contribution in [-0.2, 0) is 17.0 Å². The molecule has 0 aliphatic rings. The van der Waals surface area contributed by atoms with E-state index in [1.54, 1.807) is 6.92 Å². The SMILES string of the molecule is CC.CCCC#CC(F)(CC)[C](C)=[V]. The molecule has 14 heavy (non-hydrogen) atoms. The van der Waals surface area contributed by atoms with Crippen LogP contribution in [0.4, 0.5) is 4.39 Å². The van der Waals surface area contributed by atoms with Crippen molar-refractivity contribution in [2.75, 3.05) is 0 Å². The molecule has 0 saturated heterocycles. The second-order valence-electron chi connectivity index (χ2n) is 2.79. The molecule has 0 aromatic carbocycles. The summed E-state index contributed by atoms with van der Waals surface area (Å²) in [6.45, 7) is 9.63. The first-order chi connectivity index (χ1) is 6.56. The average Bonchev–Trinajstić information content (AvgIpc) is 2.20. The zero-order valence-corrected chi connectivity index (χ0v) is 11.3. The van der Waals surface area contributed by atoms with Crippen molar-refractivity contribution < 1.29 is 21.4 Å². The van der Waals surface area contributed by atoms with Gasteiger partial charge in [0.05, 0.1) is 0 Å². The monoisotopic (exact) mass is 235 g/mol. The molecule has 2 heteroatoms. The molecule has 0 aromatic rings. The van der Waals surface area contributed by atoms with Gasteiger partial charge in [0.25, 0.3) is 0 Å². The quantitative estimate of drug-likeness (QED) is 0.655. The van der Waals surface area contributed by atoms with E-state index < -0.39 is 5.67 Å². The number of halogens is 1. The van der Waals surface area contributed by atoms with E-state index in [4.69, 9.17) is 0 Å². The van der Waals surface area contributed by atoms with Crippen molar-refractivity contribution in [3.05, 3.63) is 0 Å². The number of hydrogen-bond acceptors (Lipinski definition) is 0. The molecule has 0 saturated carbocycles. The van der Waals surface area contributed by atoms with E-state index >= 15 is 0 Å². The van der Waals surface area contributed by atoms with Crippen LogP contribution in [-0.4, -0.2) is 9.90 Å². The van der Waals surface area contributed by atoms with Crippen molar-refractivity contribution >= 4 is 4.23 Å². The topological polar surface area (TPSA) is 0 Å². The Morgan fingerprint density at radius 1 is 1.36 bits per heavy atom. The van der Waals surface area contributed by atoms with Crippen LogP contribution in [0, 0.1) is 11.8 Å². The molecule has 0 bridgehead atoms. The van der Waals surface area contributed by atoms with Crippen LogP contribution >= 0.6 is 0 Å². The van der Waals surface area contributed by atoms with Gasteiger partial charge < -0.3 is 0 Å². The fourth-order valence-corrected chi connectivity index (χ4v) is 1.10. The van der Waals surface area contributed by atoms with E-state index in [0.29, 0.717) is 10.6 Å². The minimum atomic E-state index is -1.38. The van der Waals surface area contributed by atoms with Gasteiger partial charge in [-0.15, -0.1) is 0 Å². The molecule has 0 heterocycles. The molecule has 1 unspecified atom stereocenters. The Balaban J connectivity index is 0. The summed E-state index contributed by atoms with van der Waals surface area (Å²) in [5.74, 6) is 5.53. The summed E-state index contributed by atoms with van der Waals surface area (Å²) in [6, 6.07) is 0. The fourth-order valence-electron chi connectivity index (χ4n) is 0.762. The Morgan fingerprint density at radius 3 is 2.14 bits per heavy atom. The van der Waals surface area contributed by atoms with E-state index in [1.807, 2.05) is 27.7 Å². The van der Waals surface area contributed by atoms with Crippen LogP contribution in [0.3, 0.4) is 0 Å². The van der Waals surface area contributed by atoms with E-state index in [-0.39, 0.29) is 0 Å². The van der Waals surface area contributed by atoms with Crippen LogP contribution < -0.4 is 0 Å². The summed E-state index contributed by atoms with van der Waals surface area (Å²) in [5.41, 5.74) is -1.38. The number of hydrogen-bond donors (Lipinski definition) is 0. The molecule has 0 aromatic heterocycles. The Morgan fingerprint density at radius 2 is 1.86 bits per heavy atom. The molecule has 0 radical (unpaired) electrons. The van der Waals surface area contributed by atoms with Crippen molar-refractivity contribution in [1.29, 1.82) is 0 Å². The van der Waals surface area contributed by atoms with Gasteiger partial charge in [-0.1, -0.05) is 13.8 Å². The molecule has 0 aliphatic heterocycles. The molecule has 0 aliphatic carbocycles. The van der Waals surface area contributed by atoms with Crippen LogP contribution in [0.5, 0.6) is 0 Å². The molecule has 0 nitrogen and oxygen atoms in total. The number of alkyl halides is 1. The zero-order chi connectivity index (χ0) is 11.6. The standard InChI is InChI=1S/C10H15F.C2H6.V/c1-4-7-8-9-10(11,5-2)6-3;1-2;/h4-5,7H2,1-3H3;1-2H3;. The Hall–Kier alpha value is -0.0556. The maximum absolute atomic E-state index is 13.7. The second-order valence-corrected chi connectivity index (χ2v) is 3.84. The van der Waals surface area contributed by atoms with Crippen LogP contribution in [0.1, 0.15) is 53.9 Å². The summed E-state index contributed by atoms with van der Waals surface area (Å²) >= 11 is 2.25. The first-order valence-corrected chi connectivity index (χ1v) is 5.98. The van der Waals surface area contributed by atoms with Gasteiger partial charge in [-0.25, -0.2) is 0 Å². The van der Waals surface area contributed by atoms with Gasteiger partial charge in [-0.2, -0.15) is 0 Å². The number of unbranched alkanes of at least 4 members (excludes halogenated alkanes) is 1. The van der Waals surface area contributed by atoms with Crippen molar-refractivity contribution in [3.8, 4) is 11.8 Å². The van der Waals surface area contributed by atoms with Gasteiger partial charge >= 0.3 is 83.1 Å². The second kappa shape index (κ2) is 9.50. The minimum absolute atomic E-state index is 0.435. The molecule has 0 N–H and O–H groups in total. The van der Waals surface area contributed by atoms with Gasteiger partial charge in [0.1, 0.15) is 0 Å². The predicted molar refractivity (Wildman–Crippen MR) is 58.8 cm³/mol. The van der Waals surface area contributed by atoms with E-state index in [9.17, 15) is 4.39 Å². The van der Waals surface area contributed by atoms with E-state index in [2.05, 4.69) is 28.8 Å². The summed E-state index contributed by atoms with van der Waals surface area (Å²) in [5, 5.41) is 0. The molecule has 81 valence electrons. The van der Waals surface area contributed by atoms with E-state index in [0.717, 1.165) is 12.8 Å². The summed E-state index contributed by atoms with van der Waals surface area (Å²) in [6.07, 6.45) is 2.21. The van der Waals surface area contributed by atoms with Gasteiger partial charge in [0.15, 0.2) is 0 Å². The third-order valence-electron chi connectivity index (χ3n) is 1.72. The Bertz CT molecular complexity index is 212. The van der Waals surface area contributed by atoms with Gasteiger partial charge in [-0.05, 0) is 0 Å². The van der Waals surface area contributed by atoms with Gasteiger partial charge in [0.2, 0.25) is 0 Å². The normalized spacial score (nSPS) is 12.6. The summed E-state index contributed by atoms with van der Waals surface area (Å²) < 4.78 is 14.4. The molecule has 0 fully saturated rings. The molecule has 0 amide bonds. The fraction of sp³-hybridized carbons (Fsp3) is 0.750. The summed E-state index contributed by atoms with van der Waals surface area (Å²) in [7, 11) is 0. The average molecular weight is 235 g/mol. The third-order valence-corrected chi connectivity index (χ3v) is 2.28. The van der Waals surface area contributed by atoms with Crippen LogP contribution in [0.15, 0.2) is 0 Å². The van der Waals surface area contributed by atoms with Crippen molar-refractivity contribution in [2.45, 2.75) is 59.5 Å². The first-order valence-electron chi connectivity index (χ1n) is 5.28. The molecular formula is C12H21FV. The molecule has 0 spiro atoms. The maximum atomic E-state index is 13.7.